The van der Waals surface area contributed by atoms with E-state index in [0.717, 1.165) is 22.0 Å². The molecule has 0 atom stereocenters. The van der Waals surface area contributed by atoms with Gasteiger partial charge in [0.25, 0.3) is 11.8 Å². The zero-order valence-corrected chi connectivity index (χ0v) is 18.9. The average Bonchev–Trinajstić information content (AvgIpc) is 3.29. The Morgan fingerprint density at radius 3 is 2.41 bits per heavy atom. The Labute approximate surface area is 197 Å². The molecule has 0 fully saturated rings. The molecular weight excluding hydrogens is 430 g/mol. The van der Waals surface area contributed by atoms with Gasteiger partial charge in [0.05, 0.1) is 14.2 Å². The van der Waals surface area contributed by atoms with Crippen molar-refractivity contribution in [2.75, 3.05) is 14.2 Å². The van der Waals surface area contributed by atoms with Gasteiger partial charge in [0.15, 0.2) is 11.5 Å². The van der Waals surface area contributed by atoms with Crippen molar-refractivity contribution in [2.24, 2.45) is 0 Å². The molecule has 1 aromatic heterocycles. The third kappa shape index (κ3) is 5.10. The van der Waals surface area contributed by atoms with E-state index in [1.807, 2.05) is 36.4 Å². The average molecular weight is 456 g/mol. The van der Waals surface area contributed by atoms with E-state index in [1.165, 1.54) is 0 Å². The first-order valence-corrected chi connectivity index (χ1v) is 10.7. The molecule has 2 amide bonds. The number of ether oxygens (including phenoxy) is 2. The van der Waals surface area contributed by atoms with Crippen LogP contribution in [0.5, 0.6) is 11.5 Å². The number of aromatic amines is 1. The molecule has 0 spiro atoms. The third-order valence-corrected chi connectivity index (χ3v) is 5.35. The van der Waals surface area contributed by atoms with Crippen molar-refractivity contribution in [3.05, 3.63) is 101 Å². The molecule has 7 heteroatoms. The van der Waals surface area contributed by atoms with Gasteiger partial charge in [0.1, 0.15) is 5.70 Å². The third-order valence-electron chi connectivity index (χ3n) is 5.35. The zero-order valence-electron chi connectivity index (χ0n) is 18.9. The normalized spacial score (nSPS) is 11.2. The van der Waals surface area contributed by atoms with Crippen LogP contribution in [0.1, 0.15) is 21.5 Å². The van der Waals surface area contributed by atoms with Crippen LogP contribution in [0.4, 0.5) is 0 Å². The smallest absolute Gasteiger partial charge is 0.268 e. The summed E-state index contributed by atoms with van der Waals surface area (Å²) in [4.78, 5) is 29.2. The largest absolute Gasteiger partial charge is 0.493 e. The van der Waals surface area contributed by atoms with E-state index in [0.29, 0.717) is 17.1 Å². The monoisotopic (exact) mass is 455 g/mol. The van der Waals surface area contributed by atoms with Gasteiger partial charge in [0.2, 0.25) is 0 Å². The molecule has 34 heavy (non-hydrogen) atoms. The van der Waals surface area contributed by atoms with Gasteiger partial charge in [-0.15, -0.1) is 0 Å². The van der Waals surface area contributed by atoms with Gasteiger partial charge in [-0.1, -0.05) is 42.5 Å². The zero-order chi connectivity index (χ0) is 23.9. The van der Waals surface area contributed by atoms with Gasteiger partial charge >= 0.3 is 0 Å². The SMILES string of the molecule is COc1ccc(CNC(=O)/C(=C/c2c[nH]c3ccccc23)NC(=O)c2ccccc2)cc1OC. The quantitative estimate of drug-likeness (QED) is 0.346. The second kappa shape index (κ2) is 10.4. The van der Waals surface area contributed by atoms with Crippen molar-refractivity contribution in [3.8, 4) is 11.5 Å². The molecule has 1 heterocycles. The van der Waals surface area contributed by atoms with Gasteiger partial charge in [-0.05, 0) is 42.0 Å². The van der Waals surface area contributed by atoms with E-state index in [1.54, 1.807) is 62.9 Å². The fourth-order valence-corrected chi connectivity index (χ4v) is 3.58. The van der Waals surface area contributed by atoms with Crippen molar-refractivity contribution in [3.63, 3.8) is 0 Å². The number of nitrogens with one attached hydrogen (secondary N) is 3. The molecule has 0 aliphatic heterocycles. The van der Waals surface area contributed by atoms with Crippen molar-refractivity contribution in [1.82, 2.24) is 15.6 Å². The highest BCUT2D eigenvalue weighted by atomic mass is 16.5. The van der Waals surface area contributed by atoms with E-state index in [9.17, 15) is 9.59 Å². The summed E-state index contributed by atoms with van der Waals surface area (Å²) in [5.41, 5.74) is 3.15. The number of rotatable bonds is 8. The first-order chi connectivity index (χ1) is 16.6. The summed E-state index contributed by atoms with van der Waals surface area (Å²) in [6.45, 7) is 0.242. The Balaban J connectivity index is 1.59. The van der Waals surface area contributed by atoms with Crippen LogP contribution in [0.3, 0.4) is 0 Å². The van der Waals surface area contributed by atoms with Crippen LogP contribution in [0.25, 0.3) is 17.0 Å². The molecule has 0 saturated heterocycles. The highest BCUT2D eigenvalue weighted by Gasteiger charge is 2.16. The lowest BCUT2D eigenvalue weighted by Gasteiger charge is -2.13. The van der Waals surface area contributed by atoms with Crippen LogP contribution >= 0.6 is 0 Å². The number of carbonyl (C=O) groups excluding carboxylic acids is 2. The highest BCUT2D eigenvalue weighted by molar-refractivity contribution is 6.06. The van der Waals surface area contributed by atoms with Crippen LogP contribution in [-0.2, 0) is 11.3 Å². The Hall–Kier alpha value is -4.52. The summed E-state index contributed by atoms with van der Waals surface area (Å²) in [7, 11) is 3.12. The Kier molecular flexibility index (Phi) is 6.93. The van der Waals surface area contributed by atoms with Crippen LogP contribution in [0.2, 0.25) is 0 Å². The molecule has 4 aromatic rings. The molecule has 0 saturated carbocycles. The molecule has 4 rings (SSSR count). The van der Waals surface area contributed by atoms with E-state index >= 15 is 0 Å². The lowest BCUT2D eigenvalue weighted by atomic mass is 10.1. The first kappa shape index (κ1) is 22.7. The van der Waals surface area contributed by atoms with Crippen LogP contribution in [0.15, 0.2) is 84.7 Å². The van der Waals surface area contributed by atoms with Crippen molar-refractivity contribution < 1.29 is 19.1 Å². The van der Waals surface area contributed by atoms with Crippen LogP contribution in [-0.4, -0.2) is 31.0 Å². The number of hydrogen-bond donors (Lipinski definition) is 3. The van der Waals surface area contributed by atoms with E-state index in [2.05, 4.69) is 15.6 Å². The minimum Gasteiger partial charge on any atom is -0.493 e. The molecule has 3 aromatic carbocycles. The standard InChI is InChI=1S/C27H25N3O4/c1-33-24-13-12-18(14-25(24)34-2)16-29-27(32)23(30-26(31)19-8-4-3-5-9-19)15-20-17-28-22-11-7-6-10-21(20)22/h3-15,17,28H,16H2,1-2H3,(H,29,32)(H,30,31)/b23-15-. The van der Waals surface area contributed by atoms with Gasteiger partial charge in [-0.2, -0.15) is 0 Å². The first-order valence-electron chi connectivity index (χ1n) is 10.7. The lowest BCUT2D eigenvalue weighted by molar-refractivity contribution is -0.117. The van der Waals surface area contributed by atoms with E-state index in [4.69, 9.17) is 9.47 Å². The number of carbonyl (C=O) groups is 2. The predicted octanol–water partition coefficient (Wildman–Crippen LogP) is 4.27. The fourth-order valence-electron chi connectivity index (χ4n) is 3.58. The van der Waals surface area contributed by atoms with E-state index < -0.39 is 5.91 Å². The summed E-state index contributed by atoms with van der Waals surface area (Å²) in [6.07, 6.45) is 3.48. The molecule has 3 N–H and O–H groups in total. The second-order valence-electron chi connectivity index (χ2n) is 7.54. The maximum Gasteiger partial charge on any atom is 0.268 e. The second-order valence-corrected chi connectivity index (χ2v) is 7.54. The van der Waals surface area contributed by atoms with Gasteiger partial charge < -0.3 is 25.1 Å². The number of hydrogen-bond acceptors (Lipinski definition) is 4. The Morgan fingerprint density at radius 2 is 1.65 bits per heavy atom. The predicted molar refractivity (Wildman–Crippen MR) is 132 cm³/mol. The number of methoxy groups -OCH3 is 2. The minimum atomic E-state index is -0.413. The van der Waals surface area contributed by atoms with Crippen molar-refractivity contribution in [1.29, 1.82) is 0 Å². The molecule has 7 nitrogen and oxygen atoms in total. The number of H-pyrrole nitrogens is 1. The van der Waals surface area contributed by atoms with Gasteiger partial charge in [-0.25, -0.2) is 0 Å². The van der Waals surface area contributed by atoms with Gasteiger partial charge in [0, 0.05) is 34.8 Å². The molecule has 172 valence electrons. The number of amides is 2. The molecular formula is C27H25N3O4. The molecule has 0 radical (unpaired) electrons. The molecule has 0 aliphatic carbocycles. The topological polar surface area (TPSA) is 92.5 Å². The number of benzene rings is 3. The summed E-state index contributed by atoms with van der Waals surface area (Å²) < 4.78 is 10.6. The summed E-state index contributed by atoms with van der Waals surface area (Å²) in [5.74, 6) is 0.395. The van der Waals surface area contributed by atoms with Crippen molar-refractivity contribution in [2.45, 2.75) is 6.54 Å². The molecule has 0 aliphatic rings. The Bertz CT molecular complexity index is 1340. The fraction of sp³-hybridized carbons (Fsp3) is 0.111. The van der Waals surface area contributed by atoms with Crippen molar-refractivity contribution >= 4 is 28.8 Å². The maximum absolute atomic E-state index is 13.2. The summed E-state index contributed by atoms with van der Waals surface area (Å²) >= 11 is 0. The number of aromatic nitrogens is 1. The summed E-state index contributed by atoms with van der Waals surface area (Å²) in [5, 5.41) is 6.59. The van der Waals surface area contributed by atoms with Gasteiger partial charge in [-0.3, -0.25) is 9.59 Å². The van der Waals surface area contributed by atoms with Crippen LogP contribution in [0, 0.1) is 0 Å². The van der Waals surface area contributed by atoms with E-state index in [-0.39, 0.29) is 18.1 Å². The maximum atomic E-state index is 13.2. The summed E-state index contributed by atoms with van der Waals surface area (Å²) in [6, 6.07) is 21.9. The Morgan fingerprint density at radius 1 is 0.912 bits per heavy atom. The van der Waals surface area contributed by atoms with Crippen LogP contribution < -0.4 is 20.1 Å². The molecule has 0 bridgehead atoms. The number of fused-ring (bicyclic) bond motifs is 1. The number of para-hydroxylation sites is 1. The minimum absolute atomic E-state index is 0.138. The lowest BCUT2D eigenvalue weighted by Crippen LogP contribution is -2.34. The molecule has 0 unspecified atom stereocenters. The highest BCUT2D eigenvalue weighted by Crippen LogP contribution is 2.27.